The van der Waals surface area contributed by atoms with E-state index in [0.717, 1.165) is 23.0 Å². The van der Waals surface area contributed by atoms with Crippen LogP contribution in [-0.2, 0) is 12.4 Å². The summed E-state index contributed by atoms with van der Waals surface area (Å²) in [5.41, 5.74) is -3.57. The molecule has 2 aromatic heterocycles. The van der Waals surface area contributed by atoms with E-state index in [-0.39, 0.29) is 17.9 Å². The first kappa shape index (κ1) is 22.6. The van der Waals surface area contributed by atoms with E-state index in [2.05, 4.69) is 10.4 Å². The molecule has 0 spiro atoms. The third kappa shape index (κ3) is 4.64. The average molecular weight is 446 g/mol. The Morgan fingerprint density at radius 3 is 2.16 bits per heavy atom. The number of pyridine rings is 1. The van der Waals surface area contributed by atoms with Gasteiger partial charge in [0.2, 0.25) is 0 Å². The maximum absolute atomic E-state index is 13.6. The maximum Gasteiger partial charge on any atom is 0.433 e. The lowest BCUT2D eigenvalue weighted by Gasteiger charge is -2.16. The first-order valence-electron chi connectivity index (χ1n) is 8.90. The van der Waals surface area contributed by atoms with Gasteiger partial charge in [-0.25, -0.2) is 4.68 Å². The Labute approximate surface area is 171 Å². The Morgan fingerprint density at radius 2 is 1.65 bits per heavy atom. The van der Waals surface area contributed by atoms with Crippen molar-refractivity contribution in [1.29, 1.82) is 0 Å². The van der Waals surface area contributed by atoms with Crippen LogP contribution in [0.5, 0.6) is 0 Å². The maximum atomic E-state index is 13.6. The summed E-state index contributed by atoms with van der Waals surface area (Å²) in [6.45, 7) is 1.84. The van der Waals surface area contributed by atoms with Crippen LogP contribution in [0.3, 0.4) is 0 Å². The molecule has 0 saturated heterocycles. The van der Waals surface area contributed by atoms with E-state index in [1.807, 2.05) is 0 Å². The second-order valence-corrected chi connectivity index (χ2v) is 6.46. The monoisotopic (exact) mass is 446 g/mol. The number of aromatic nitrogens is 3. The molecule has 12 heteroatoms. The second kappa shape index (κ2) is 8.19. The van der Waals surface area contributed by atoms with Crippen molar-refractivity contribution in [1.82, 2.24) is 19.7 Å². The van der Waals surface area contributed by atoms with Gasteiger partial charge in [0.15, 0.2) is 5.69 Å². The SMILES string of the molecule is CCNC(O)c1cnn(-c2ccc(-n3ccc(C(F)(F)F)cc3=O)cc2)c1C(F)(F)F. The number of benzene rings is 1. The van der Waals surface area contributed by atoms with Crippen LogP contribution in [0.15, 0.2) is 53.6 Å². The third-order valence-electron chi connectivity index (χ3n) is 4.38. The number of hydrogen-bond donors (Lipinski definition) is 2. The summed E-state index contributed by atoms with van der Waals surface area (Å²) in [6, 6.07) is 6.14. The van der Waals surface area contributed by atoms with Crippen molar-refractivity contribution in [2.24, 2.45) is 0 Å². The van der Waals surface area contributed by atoms with E-state index in [9.17, 15) is 36.2 Å². The summed E-state index contributed by atoms with van der Waals surface area (Å²) >= 11 is 0. The van der Waals surface area contributed by atoms with Gasteiger partial charge in [-0.3, -0.25) is 14.7 Å². The molecule has 0 saturated carbocycles. The van der Waals surface area contributed by atoms with Crippen molar-refractivity contribution in [3.8, 4) is 11.4 Å². The molecule has 2 N–H and O–H groups in total. The Morgan fingerprint density at radius 1 is 1.03 bits per heavy atom. The molecular weight excluding hydrogens is 430 g/mol. The number of hydrogen-bond acceptors (Lipinski definition) is 4. The zero-order chi connectivity index (χ0) is 23.0. The third-order valence-corrected chi connectivity index (χ3v) is 4.38. The number of alkyl halides is 6. The summed E-state index contributed by atoms with van der Waals surface area (Å²) in [5, 5.41) is 16.1. The number of nitrogens with one attached hydrogen (secondary N) is 1. The highest BCUT2D eigenvalue weighted by Gasteiger charge is 2.40. The minimum atomic E-state index is -4.83. The Hall–Kier alpha value is -3.12. The summed E-state index contributed by atoms with van der Waals surface area (Å²) < 4.78 is 80.5. The van der Waals surface area contributed by atoms with Gasteiger partial charge in [-0.2, -0.15) is 31.4 Å². The van der Waals surface area contributed by atoms with E-state index in [4.69, 9.17) is 0 Å². The molecule has 166 valence electrons. The topological polar surface area (TPSA) is 72.1 Å². The van der Waals surface area contributed by atoms with Gasteiger partial charge in [0.25, 0.3) is 5.56 Å². The lowest BCUT2D eigenvalue weighted by molar-refractivity contribution is -0.144. The average Bonchev–Trinajstić information content (AvgIpc) is 3.13. The molecule has 0 aliphatic heterocycles. The molecule has 0 aliphatic carbocycles. The van der Waals surface area contributed by atoms with Crippen molar-refractivity contribution < 1.29 is 31.4 Å². The molecule has 0 amide bonds. The summed E-state index contributed by atoms with van der Waals surface area (Å²) in [7, 11) is 0. The summed E-state index contributed by atoms with van der Waals surface area (Å²) in [4.78, 5) is 12.0. The zero-order valence-corrected chi connectivity index (χ0v) is 15.9. The smallest absolute Gasteiger partial charge is 0.374 e. The first-order valence-corrected chi connectivity index (χ1v) is 8.90. The van der Waals surface area contributed by atoms with Crippen molar-refractivity contribution >= 4 is 0 Å². The minimum Gasteiger partial charge on any atom is -0.374 e. The van der Waals surface area contributed by atoms with Gasteiger partial charge in [-0.05, 0) is 36.9 Å². The van der Waals surface area contributed by atoms with Gasteiger partial charge < -0.3 is 5.11 Å². The highest BCUT2D eigenvalue weighted by molar-refractivity contribution is 5.44. The largest absolute Gasteiger partial charge is 0.433 e. The summed E-state index contributed by atoms with van der Waals surface area (Å²) in [6.07, 6.45) is -9.26. The number of rotatable bonds is 5. The molecular formula is C19H16F6N4O2. The van der Waals surface area contributed by atoms with Crippen LogP contribution in [-0.4, -0.2) is 26.0 Å². The van der Waals surface area contributed by atoms with Crippen LogP contribution >= 0.6 is 0 Å². The van der Waals surface area contributed by atoms with E-state index in [0.29, 0.717) is 10.7 Å². The molecule has 2 heterocycles. The van der Waals surface area contributed by atoms with Crippen LogP contribution in [0.1, 0.15) is 30.0 Å². The van der Waals surface area contributed by atoms with Gasteiger partial charge in [-0.1, -0.05) is 6.92 Å². The van der Waals surface area contributed by atoms with Crippen LogP contribution in [0.2, 0.25) is 0 Å². The fourth-order valence-electron chi connectivity index (χ4n) is 2.97. The number of aliphatic hydroxyl groups excluding tert-OH is 1. The quantitative estimate of drug-likeness (QED) is 0.464. The molecule has 1 aromatic carbocycles. The fourth-order valence-corrected chi connectivity index (χ4v) is 2.97. The van der Waals surface area contributed by atoms with E-state index in [1.165, 1.54) is 24.3 Å². The van der Waals surface area contributed by atoms with Gasteiger partial charge in [-0.15, -0.1) is 0 Å². The molecule has 3 aromatic rings. The summed E-state index contributed by atoms with van der Waals surface area (Å²) in [5.74, 6) is 0. The zero-order valence-electron chi connectivity index (χ0n) is 15.9. The van der Waals surface area contributed by atoms with Gasteiger partial charge in [0.1, 0.15) is 6.23 Å². The van der Waals surface area contributed by atoms with Crippen molar-refractivity contribution in [2.75, 3.05) is 6.54 Å². The predicted molar refractivity (Wildman–Crippen MR) is 97.8 cm³/mol. The van der Waals surface area contributed by atoms with Crippen LogP contribution in [0.25, 0.3) is 11.4 Å². The molecule has 3 rings (SSSR count). The molecule has 0 fully saturated rings. The molecule has 0 radical (unpaired) electrons. The normalized spacial score (nSPS) is 13.4. The highest BCUT2D eigenvalue weighted by Crippen LogP contribution is 2.35. The lowest BCUT2D eigenvalue weighted by atomic mass is 10.2. The van der Waals surface area contributed by atoms with Gasteiger partial charge in [0, 0.05) is 23.5 Å². The standard InChI is InChI=1S/C19H16F6N4O2/c1-2-26-17(31)14-10-27-29(16(14)19(23,24)25)13-5-3-12(4-6-13)28-8-7-11(9-15(28)30)18(20,21)22/h3-10,17,26,31H,2H2,1H3. The molecule has 1 atom stereocenters. The highest BCUT2D eigenvalue weighted by atomic mass is 19.4. The van der Waals surface area contributed by atoms with Crippen molar-refractivity contribution in [3.63, 3.8) is 0 Å². The predicted octanol–water partition coefficient (Wildman–Crippen LogP) is 3.66. The Bertz CT molecular complexity index is 1120. The van der Waals surface area contributed by atoms with Crippen molar-refractivity contribution in [3.05, 3.63) is 76.0 Å². The first-order chi connectivity index (χ1) is 14.4. The number of nitrogens with zero attached hydrogens (tertiary/aromatic N) is 3. The van der Waals surface area contributed by atoms with Crippen LogP contribution in [0.4, 0.5) is 26.3 Å². The van der Waals surface area contributed by atoms with Gasteiger partial charge >= 0.3 is 12.4 Å². The minimum absolute atomic E-state index is 0.0222. The van der Waals surface area contributed by atoms with E-state index in [1.54, 1.807) is 6.92 Å². The van der Waals surface area contributed by atoms with E-state index < -0.39 is 41.0 Å². The molecule has 0 bridgehead atoms. The van der Waals surface area contributed by atoms with Gasteiger partial charge in [0.05, 0.1) is 17.4 Å². The van der Waals surface area contributed by atoms with E-state index >= 15 is 0 Å². The molecule has 1 unspecified atom stereocenters. The molecule has 6 nitrogen and oxygen atoms in total. The van der Waals surface area contributed by atoms with Crippen LogP contribution in [0, 0.1) is 0 Å². The number of aliphatic hydroxyl groups is 1. The van der Waals surface area contributed by atoms with Crippen molar-refractivity contribution in [2.45, 2.75) is 25.5 Å². The lowest BCUT2D eigenvalue weighted by Crippen LogP contribution is -2.24. The van der Waals surface area contributed by atoms with Crippen LogP contribution < -0.4 is 10.9 Å². The Kier molecular flexibility index (Phi) is 5.96. The number of halogens is 6. The molecule has 0 aliphatic rings. The fraction of sp³-hybridized carbons (Fsp3) is 0.263. The second-order valence-electron chi connectivity index (χ2n) is 6.46. The molecule has 31 heavy (non-hydrogen) atoms. The Balaban J connectivity index is 2.00.